The maximum atomic E-state index is 12.0. The molecule has 1 N–H and O–H groups in total. The number of fused-ring (bicyclic) bond motifs is 3. The summed E-state index contributed by atoms with van der Waals surface area (Å²) in [6.07, 6.45) is 0.0610. The molecule has 124 valence electrons. The highest BCUT2D eigenvalue weighted by Gasteiger charge is 2.14. The Morgan fingerprint density at radius 1 is 1.04 bits per heavy atom. The first-order chi connectivity index (χ1) is 11.6. The van der Waals surface area contributed by atoms with E-state index in [9.17, 15) is 9.59 Å². The Labute approximate surface area is 138 Å². The molecule has 0 spiro atoms. The molecule has 6 heteroatoms. The van der Waals surface area contributed by atoms with E-state index in [4.69, 9.17) is 9.15 Å². The Morgan fingerprint density at radius 2 is 1.83 bits per heavy atom. The molecule has 0 aliphatic rings. The van der Waals surface area contributed by atoms with Crippen LogP contribution in [0.1, 0.15) is 12.8 Å². The zero-order chi connectivity index (χ0) is 17.1. The van der Waals surface area contributed by atoms with E-state index in [1.165, 1.54) is 14.2 Å². The summed E-state index contributed by atoms with van der Waals surface area (Å²) in [5.41, 5.74) is 1.92. The number of hydrogen-bond donors (Lipinski definition) is 1. The fraction of sp³-hybridized carbons (Fsp3) is 0.222. The number of para-hydroxylation sites is 1. The van der Waals surface area contributed by atoms with Crippen molar-refractivity contribution < 1.29 is 23.5 Å². The predicted molar refractivity (Wildman–Crippen MR) is 90.2 cm³/mol. The lowest BCUT2D eigenvalue weighted by Gasteiger charge is -2.10. The Bertz CT molecular complexity index is 912. The predicted octanol–water partition coefficient (Wildman–Crippen LogP) is 3.49. The Balaban J connectivity index is 1.91. The number of carbonyl (C=O) groups is 2. The van der Waals surface area contributed by atoms with Gasteiger partial charge >= 0.3 is 5.97 Å². The number of benzene rings is 2. The van der Waals surface area contributed by atoms with E-state index in [0.29, 0.717) is 17.0 Å². The number of hydrogen-bond acceptors (Lipinski definition) is 5. The third-order valence-electron chi connectivity index (χ3n) is 3.76. The monoisotopic (exact) mass is 327 g/mol. The third kappa shape index (κ3) is 3.03. The molecule has 0 bridgehead atoms. The average molecular weight is 327 g/mol. The maximum Gasteiger partial charge on any atom is 0.306 e. The lowest BCUT2D eigenvalue weighted by molar-refractivity contribution is -0.141. The van der Waals surface area contributed by atoms with Gasteiger partial charge in [-0.1, -0.05) is 18.2 Å². The summed E-state index contributed by atoms with van der Waals surface area (Å²) in [7, 11) is 2.83. The van der Waals surface area contributed by atoms with Gasteiger partial charge in [0, 0.05) is 23.3 Å². The fourth-order valence-electron chi connectivity index (χ4n) is 2.55. The van der Waals surface area contributed by atoms with Gasteiger partial charge in [0.05, 0.1) is 26.3 Å². The first kappa shape index (κ1) is 15.9. The van der Waals surface area contributed by atoms with Crippen LogP contribution in [-0.4, -0.2) is 26.1 Å². The van der Waals surface area contributed by atoms with Gasteiger partial charge in [-0.2, -0.15) is 0 Å². The van der Waals surface area contributed by atoms with Crippen molar-refractivity contribution in [1.82, 2.24) is 0 Å². The number of methoxy groups -OCH3 is 2. The van der Waals surface area contributed by atoms with E-state index in [0.717, 1.165) is 16.4 Å². The summed E-state index contributed by atoms with van der Waals surface area (Å²) in [6, 6.07) is 11.2. The molecule has 24 heavy (non-hydrogen) atoms. The van der Waals surface area contributed by atoms with Gasteiger partial charge < -0.3 is 19.2 Å². The molecule has 3 rings (SSSR count). The van der Waals surface area contributed by atoms with Crippen molar-refractivity contribution in [3.8, 4) is 5.75 Å². The standard InChI is InChI=1S/C18H17NO5/c1-22-16-9-12-11-5-3-4-6-14(11)24-15(12)10-13(16)19-17(20)7-8-18(21)23-2/h3-6,9-10H,7-8H2,1-2H3,(H,19,20). The number of rotatable bonds is 5. The number of carbonyl (C=O) groups excluding carboxylic acids is 2. The topological polar surface area (TPSA) is 77.8 Å². The molecule has 0 atom stereocenters. The lowest BCUT2D eigenvalue weighted by atomic mass is 10.1. The van der Waals surface area contributed by atoms with Crippen LogP contribution in [0, 0.1) is 0 Å². The first-order valence-corrected chi connectivity index (χ1v) is 7.48. The van der Waals surface area contributed by atoms with E-state index in [1.54, 1.807) is 6.07 Å². The second-order valence-corrected chi connectivity index (χ2v) is 5.27. The van der Waals surface area contributed by atoms with E-state index in [2.05, 4.69) is 10.1 Å². The molecule has 0 saturated carbocycles. The smallest absolute Gasteiger partial charge is 0.306 e. The average Bonchev–Trinajstić information content (AvgIpc) is 2.96. The molecule has 1 heterocycles. The molecule has 1 amide bonds. The minimum atomic E-state index is -0.426. The van der Waals surface area contributed by atoms with E-state index >= 15 is 0 Å². The highest BCUT2D eigenvalue weighted by atomic mass is 16.5. The fourth-order valence-corrected chi connectivity index (χ4v) is 2.55. The molecule has 0 unspecified atom stereocenters. The van der Waals surface area contributed by atoms with Gasteiger partial charge in [-0.3, -0.25) is 9.59 Å². The van der Waals surface area contributed by atoms with Gasteiger partial charge in [0.15, 0.2) is 0 Å². The van der Waals surface area contributed by atoms with Crippen molar-refractivity contribution in [2.75, 3.05) is 19.5 Å². The summed E-state index contributed by atoms with van der Waals surface area (Å²) >= 11 is 0. The van der Waals surface area contributed by atoms with Crippen LogP contribution >= 0.6 is 0 Å². The highest BCUT2D eigenvalue weighted by Crippen LogP contribution is 2.36. The van der Waals surface area contributed by atoms with Crippen LogP contribution in [0.15, 0.2) is 40.8 Å². The number of ether oxygens (including phenoxy) is 2. The van der Waals surface area contributed by atoms with Crippen LogP contribution in [0.25, 0.3) is 21.9 Å². The van der Waals surface area contributed by atoms with E-state index < -0.39 is 5.97 Å². The van der Waals surface area contributed by atoms with Crippen LogP contribution in [-0.2, 0) is 14.3 Å². The molecular formula is C18H17NO5. The van der Waals surface area contributed by atoms with Crippen molar-refractivity contribution in [2.24, 2.45) is 0 Å². The summed E-state index contributed by atoms with van der Waals surface area (Å²) in [4.78, 5) is 23.1. The maximum absolute atomic E-state index is 12.0. The van der Waals surface area contributed by atoms with Crippen molar-refractivity contribution in [3.05, 3.63) is 36.4 Å². The molecule has 0 radical (unpaired) electrons. The zero-order valence-corrected chi connectivity index (χ0v) is 13.4. The van der Waals surface area contributed by atoms with Gasteiger partial charge in [-0.05, 0) is 12.1 Å². The van der Waals surface area contributed by atoms with Gasteiger partial charge in [0.2, 0.25) is 5.91 Å². The van der Waals surface area contributed by atoms with Crippen LogP contribution in [0.4, 0.5) is 5.69 Å². The number of anilines is 1. The Kier molecular flexibility index (Phi) is 4.37. The summed E-state index contributed by atoms with van der Waals surface area (Å²) in [5, 5.41) is 4.64. The number of furan rings is 1. The summed E-state index contributed by atoms with van der Waals surface area (Å²) < 4.78 is 15.7. The van der Waals surface area contributed by atoms with Gasteiger partial charge in [-0.15, -0.1) is 0 Å². The molecule has 2 aromatic carbocycles. The first-order valence-electron chi connectivity index (χ1n) is 7.48. The SMILES string of the molecule is COC(=O)CCC(=O)Nc1cc2oc3ccccc3c2cc1OC. The summed E-state index contributed by atoms with van der Waals surface area (Å²) in [5.74, 6) is -0.195. The molecule has 6 nitrogen and oxygen atoms in total. The second-order valence-electron chi connectivity index (χ2n) is 5.27. The van der Waals surface area contributed by atoms with Gasteiger partial charge in [0.25, 0.3) is 0 Å². The normalized spacial score (nSPS) is 10.8. The van der Waals surface area contributed by atoms with Crippen LogP contribution in [0.2, 0.25) is 0 Å². The molecule has 3 aromatic rings. The van der Waals surface area contributed by atoms with Crippen LogP contribution in [0.5, 0.6) is 5.75 Å². The Hall–Kier alpha value is -3.02. The third-order valence-corrected chi connectivity index (χ3v) is 3.76. The van der Waals surface area contributed by atoms with Crippen molar-refractivity contribution in [2.45, 2.75) is 12.8 Å². The molecule has 1 aromatic heterocycles. The zero-order valence-electron chi connectivity index (χ0n) is 13.4. The molecule has 0 aliphatic heterocycles. The molecule has 0 saturated heterocycles. The van der Waals surface area contributed by atoms with Gasteiger partial charge in [-0.25, -0.2) is 0 Å². The quantitative estimate of drug-likeness (QED) is 0.726. The van der Waals surface area contributed by atoms with Crippen LogP contribution in [0.3, 0.4) is 0 Å². The van der Waals surface area contributed by atoms with E-state index in [-0.39, 0.29) is 18.7 Å². The lowest BCUT2D eigenvalue weighted by Crippen LogP contribution is -2.14. The molecule has 0 aliphatic carbocycles. The minimum absolute atomic E-state index is 0.0253. The number of esters is 1. The second kappa shape index (κ2) is 6.62. The highest BCUT2D eigenvalue weighted by molar-refractivity contribution is 6.07. The van der Waals surface area contributed by atoms with E-state index in [1.807, 2.05) is 30.3 Å². The largest absolute Gasteiger partial charge is 0.495 e. The van der Waals surface area contributed by atoms with Crippen LogP contribution < -0.4 is 10.1 Å². The van der Waals surface area contributed by atoms with Crippen molar-refractivity contribution in [1.29, 1.82) is 0 Å². The number of nitrogens with one attached hydrogen (secondary N) is 1. The molecule has 0 fully saturated rings. The number of amides is 1. The minimum Gasteiger partial charge on any atom is -0.495 e. The van der Waals surface area contributed by atoms with Crippen molar-refractivity contribution >= 4 is 39.5 Å². The van der Waals surface area contributed by atoms with Gasteiger partial charge in [0.1, 0.15) is 16.9 Å². The Morgan fingerprint density at radius 3 is 2.58 bits per heavy atom. The molecular weight excluding hydrogens is 310 g/mol. The van der Waals surface area contributed by atoms with Crippen molar-refractivity contribution in [3.63, 3.8) is 0 Å². The summed E-state index contributed by atoms with van der Waals surface area (Å²) in [6.45, 7) is 0.